The molecule has 1 aliphatic rings. The van der Waals surface area contributed by atoms with Crippen LogP contribution >= 0.6 is 0 Å². The van der Waals surface area contributed by atoms with Crippen LogP contribution in [0.25, 0.3) is 22.0 Å². The average molecular weight is 382 g/mol. The highest BCUT2D eigenvalue weighted by Crippen LogP contribution is 2.43. The highest BCUT2D eigenvalue weighted by molar-refractivity contribution is 6.00. The van der Waals surface area contributed by atoms with Gasteiger partial charge in [-0.3, -0.25) is 14.4 Å². The number of halogens is 1. The van der Waals surface area contributed by atoms with E-state index in [1.54, 1.807) is 6.07 Å². The van der Waals surface area contributed by atoms with Gasteiger partial charge in [0, 0.05) is 17.3 Å². The molecule has 28 heavy (non-hydrogen) atoms. The van der Waals surface area contributed by atoms with Crippen LogP contribution in [0.3, 0.4) is 0 Å². The number of carbonyl (C=O) groups excluding carboxylic acids is 2. The zero-order valence-corrected chi connectivity index (χ0v) is 14.9. The third kappa shape index (κ3) is 3.62. The number of amides is 2. The molecule has 7 nitrogen and oxygen atoms in total. The van der Waals surface area contributed by atoms with E-state index in [4.69, 9.17) is 10.5 Å². The molecule has 1 fully saturated rings. The van der Waals surface area contributed by atoms with E-state index in [-0.39, 0.29) is 12.0 Å². The number of hydrogen-bond acceptors (Lipinski definition) is 4. The molecule has 8 heteroatoms. The van der Waals surface area contributed by atoms with E-state index in [0.717, 1.165) is 29.5 Å². The maximum absolute atomic E-state index is 13.2. The Morgan fingerprint density at radius 1 is 1.25 bits per heavy atom. The van der Waals surface area contributed by atoms with Crippen LogP contribution in [0.4, 0.5) is 4.39 Å². The zero-order valence-electron chi connectivity index (χ0n) is 14.9. The van der Waals surface area contributed by atoms with E-state index in [2.05, 4.69) is 15.7 Å². The Labute approximate surface area is 159 Å². The summed E-state index contributed by atoms with van der Waals surface area (Å²) in [5.74, 6) is -0.918. The Morgan fingerprint density at radius 2 is 1.96 bits per heavy atom. The molecule has 1 aromatic carbocycles. The van der Waals surface area contributed by atoms with Crippen LogP contribution in [0.15, 0.2) is 41.3 Å². The largest absolute Gasteiger partial charge is 0.372 e. The van der Waals surface area contributed by atoms with Crippen molar-refractivity contribution in [3.63, 3.8) is 0 Å². The minimum absolute atomic E-state index is 0.0768. The number of rotatable bonds is 3. The highest BCUT2D eigenvalue weighted by Gasteiger charge is 2.25. The van der Waals surface area contributed by atoms with E-state index in [0.29, 0.717) is 16.8 Å². The van der Waals surface area contributed by atoms with E-state index >= 15 is 0 Å². The number of fused-ring (bicyclic) bond motifs is 1. The third-order valence-electron chi connectivity index (χ3n) is 4.88. The number of nitrogens with zero attached hydrogens (tertiary/aromatic N) is 1. The molecule has 2 heterocycles. The van der Waals surface area contributed by atoms with Crippen LogP contribution in [0, 0.1) is 5.95 Å². The molecule has 0 radical (unpaired) electrons. The fraction of sp³-hybridized carbons (Fsp3) is 0.200. The molecule has 2 amide bonds. The summed E-state index contributed by atoms with van der Waals surface area (Å²) in [5.41, 5.74) is 12.1. The fourth-order valence-corrected chi connectivity index (χ4v) is 3.37. The first kappa shape index (κ1) is 19.2. The van der Waals surface area contributed by atoms with E-state index in [9.17, 15) is 14.0 Å². The van der Waals surface area contributed by atoms with Gasteiger partial charge >= 0.3 is 0 Å². The minimum atomic E-state index is -0.767. The number of nitrogens with two attached hydrogens (primary N) is 2. The quantitative estimate of drug-likeness (QED) is 0.473. The van der Waals surface area contributed by atoms with Gasteiger partial charge in [0.15, 0.2) is 0 Å². The van der Waals surface area contributed by atoms with Crippen molar-refractivity contribution in [2.24, 2.45) is 11.5 Å². The first-order valence-corrected chi connectivity index (χ1v) is 8.73. The smallest absolute Gasteiger partial charge is 0.261 e. The second-order valence-corrected chi connectivity index (χ2v) is 6.50. The van der Waals surface area contributed by atoms with Gasteiger partial charge in [0.25, 0.3) is 11.5 Å². The van der Waals surface area contributed by atoms with Gasteiger partial charge in [-0.25, -0.2) is 4.98 Å². The number of H-pyrrole nitrogens is 1. The van der Waals surface area contributed by atoms with Crippen LogP contribution in [-0.4, -0.2) is 22.3 Å². The summed E-state index contributed by atoms with van der Waals surface area (Å²) in [6.45, 7) is 0. The molecule has 0 bridgehead atoms. The van der Waals surface area contributed by atoms with Crippen LogP contribution in [0.5, 0.6) is 0 Å². The molecule has 0 saturated heterocycles. The predicted octanol–water partition coefficient (Wildman–Crippen LogP) is 2.20. The Hall–Kier alpha value is -3.55. The normalized spacial score (nSPS) is 13.3. The van der Waals surface area contributed by atoms with Crippen LogP contribution in [0.2, 0.25) is 0 Å². The maximum atomic E-state index is 13.2. The van der Waals surface area contributed by atoms with Gasteiger partial charge in [-0.05, 0) is 47.9 Å². The van der Waals surface area contributed by atoms with Gasteiger partial charge in [0.2, 0.25) is 12.4 Å². The first-order valence-electron chi connectivity index (χ1n) is 8.73. The second kappa shape index (κ2) is 7.99. The monoisotopic (exact) mass is 382 g/mol. The van der Waals surface area contributed by atoms with Gasteiger partial charge in [0.05, 0.1) is 5.52 Å². The molecule has 4 rings (SSSR count). The molecular weight excluding hydrogens is 363 g/mol. The van der Waals surface area contributed by atoms with Gasteiger partial charge < -0.3 is 16.5 Å². The summed E-state index contributed by atoms with van der Waals surface area (Å²) < 4.78 is 13.2. The molecular formula is C20H19FN4O3. The van der Waals surface area contributed by atoms with Crippen molar-refractivity contribution >= 4 is 23.2 Å². The Kier molecular flexibility index (Phi) is 5.49. The molecule has 1 aliphatic carbocycles. The van der Waals surface area contributed by atoms with Crippen molar-refractivity contribution in [2.45, 2.75) is 25.2 Å². The van der Waals surface area contributed by atoms with Crippen molar-refractivity contribution in [1.82, 2.24) is 9.97 Å². The number of pyridine rings is 2. The molecule has 5 N–H and O–H groups in total. The molecule has 0 spiro atoms. The van der Waals surface area contributed by atoms with Crippen molar-refractivity contribution in [1.29, 1.82) is 0 Å². The van der Waals surface area contributed by atoms with Crippen molar-refractivity contribution in [3.8, 4) is 11.1 Å². The lowest BCUT2D eigenvalue weighted by molar-refractivity contribution is -0.106. The van der Waals surface area contributed by atoms with Crippen LogP contribution < -0.4 is 17.0 Å². The Morgan fingerprint density at radius 3 is 2.50 bits per heavy atom. The Balaban J connectivity index is 0.000000706. The average Bonchev–Trinajstić information content (AvgIpc) is 2.61. The lowest BCUT2D eigenvalue weighted by atomic mass is 9.76. The molecule has 3 aromatic rings. The molecule has 1 saturated carbocycles. The molecule has 144 valence electrons. The summed E-state index contributed by atoms with van der Waals surface area (Å²) in [7, 11) is 0. The predicted molar refractivity (Wildman–Crippen MR) is 103 cm³/mol. The van der Waals surface area contributed by atoms with Gasteiger partial charge in [-0.1, -0.05) is 18.6 Å². The van der Waals surface area contributed by atoms with Gasteiger partial charge in [-0.2, -0.15) is 4.39 Å². The number of hydrogen-bond donors (Lipinski definition) is 3. The first-order chi connectivity index (χ1) is 13.5. The number of aromatic nitrogens is 2. The standard InChI is InChI=1S/C19H16FN3O2.CH3NO/c20-15-7-5-12(9-22-15)16-13(10-2-1-3-10)6-4-11-8-14(18(21)24)19(25)23-17(11)16;2-1-3/h4-10H,1-3H2,(H2,21,24)(H,23,25);1H,(H2,2,3). The summed E-state index contributed by atoms with van der Waals surface area (Å²) in [5, 5.41) is 0.704. The topological polar surface area (TPSA) is 132 Å². The van der Waals surface area contributed by atoms with Gasteiger partial charge in [-0.15, -0.1) is 0 Å². The van der Waals surface area contributed by atoms with E-state index < -0.39 is 17.4 Å². The number of aromatic amines is 1. The SMILES string of the molecule is NC(=O)c1cc2ccc(C3CCC3)c(-c3ccc(F)nc3)c2[nH]c1=O.NC=O. The van der Waals surface area contributed by atoms with Crippen molar-refractivity contribution in [3.05, 3.63) is 64.0 Å². The van der Waals surface area contributed by atoms with E-state index in [1.165, 1.54) is 24.8 Å². The molecule has 2 aromatic heterocycles. The third-order valence-corrected chi connectivity index (χ3v) is 4.88. The minimum Gasteiger partial charge on any atom is -0.372 e. The van der Waals surface area contributed by atoms with Crippen LogP contribution in [-0.2, 0) is 4.79 Å². The zero-order chi connectivity index (χ0) is 20.3. The summed E-state index contributed by atoms with van der Waals surface area (Å²) >= 11 is 0. The number of nitrogens with one attached hydrogen (secondary N) is 1. The van der Waals surface area contributed by atoms with Crippen molar-refractivity contribution < 1.29 is 14.0 Å². The van der Waals surface area contributed by atoms with Gasteiger partial charge in [0.1, 0.15) is 5.56 Å². The number of carbonyl (C=O) groups is 2. The number of benzene rings is 1. The Bertz CT molecular complexity index is 1090. The lowest BCUT2D eigenvalue weighted by Crippen LogP contribution is -2.23. The second-order valence-electron chi connectivity index (χ2n) is 6.50. The summed E-state index contributed by atoms with van der Waals surface area (Å²) in [4.78, 5) is 38.8. The maximum Gasteiger partial charge on any atom is 0.261 e. The molecule has 0 unspecified atom stereocenters. The fourth-order valence-electron chi connectivity index (χ4n) is 3.37. The number of primary amides is 2. The molecule has 0 atom stereocenters. The summed E-state index contributed by atoms with van der Waals surface area (Å²) in [6.07, 6.45) is 5.04. The van der Waals surface area contributed by atoms with E-state index in [1.807, 2.05) is 12.1 Å². The highest BCUT2D eigenvalue weighted by atomic mass is 19.1. The summed E-state index contributed by atoms with van der Waals surface area (Å²) in [6, 6.07) is 8.34. The van der Waals surface area contributed by atoms with Crippen LogP contribution in [0.1, 0.15) is 41.1 Å². The lowest BCUT2D eigenvalue weighted by Gasteiger charge is -2.28. The van der Waals surface area contributed by atoms with Crippen molar-refractivity contribution in [2.75, 3.05) is 0 Å². The molecule has 0 aliphatic heterocycles.